The molecule has 2 N–H and O–H groups in total. The zero-order valence-electron chi connectivity index (χ0n) is 61.7. The van der Waals surface area contributed by atoms with E-state index in [9.17, 15) is 10.0 Å². The highest BCUT2D eigenvalue weighted by Gasteiger charge is 2.21. The van der Waals surface area contributed by atoms with Gasteiger partial charge in [-0.1, -0.05) is 325 Å². The molecule has 0 saturated heterocycles. The van der Waals surface area contributed by atoms with E-state index in [1.54, 1.807) is 0 Å². The molecule has 0 saturated carbocycles. The smallest absolute Gasteiger partial charge is 0.423 e. The lowest BCUT2D eigenvalue weighted by molar-refractivity contribution is 0.426. The number of benzene rings is 16. The van der Waals surface area contributed by atoms with E-state index in [0.717, 1.165) is 116 Å². The molecule has 0 spiro atoms. The van der Waals surface area contributed by atoms with E-state index in [1.165, 1.54) is 32.8 Å². The van der Waals surface area contributed by atoms with Gasteiger partial charge in [-0.2, -0.15) is 0 Å². The summed E-state index contributed by atoms with van der Waals surface area (Å²) in [7, 11) is -1.54. The van der Waals surface area contributed by atoms with E-state index >= 15 is 0 Å². The maximum atomic E-state index is 9.96. The fourth-order valence-electron chi connectivity index (χ4n) is 14.9. The normalized spacial score (nSPS) is 11.1. The van der Waals surface area contributed by atoms with Crippen molar-refractivity contribution < 1.29 is 10.0 Å². The molecule has 0 aliphatic heterocycles. The second-order valence-corrected chi connectivity index (χ2v) is 28.7. The average Bonchev–Trinajstić information content (AvgIpc) is 1.60. The lowest BCUT2D eigenvalue weighted by Crippen LogP contribution is -2.29. The van der Waals surface area contributed by atoms with Gasteiger partial charge in [-0.05, 0) is 164 Å². The topological polar surface area (TPSA) is 128 Å². The SMILES string of the molecule is Brc1cccc(-c2nc(-c3ccccc3)nc(-c3ccccc3)n2)c1.OB(O)c1cc(-c2ccccc2)cc(-c2ccc3c(c2)c2ccccc2n3-c2ccccc2)c1.c1ccc(-c2cc(-c3cccc(-c4nc(-c5ccccc5)nc(-c5ccccc5)n4)c3)cc(-c3ccc4c(c3)c3ccccc3n4-c3ccccc3)c2)cc1. The first-order valence-electron chi connectivity index (χ1n) is 37.8. The predicted octanol–water partition coefficient (Wildman–Crippen LogP) is 24.4. The Kier molecular flexibility index (Phi) is 20.2. The Morgan fingerprint density at radius 3 is 0.816 bits per heavy atom. The first-order valence-corrected chi connectivity index (χ1v) is 38.6. The Labute approximate surface area is 669 Å². The van der Waals surface area contributed by atoms with Crippen molar-refractivity contribution in [2.24, 2.45) is 0 Å². The van der Waals surface area contributed by atoms with Gasteiger partial charge < -0.3 is 19.2 Å². The fraction of sp³-hybridized carbons (Fsp3) is 0. The zero-order valence-corrected chi connectivity index (χ0v) is 63.3. The van der Waals surface area contributed by atoms with E-state index in [2.05, 4.69) is 248 Å². The van der Waals surface area contributed by atoms with Crippen molar-refractivity contribution in [3.8, 4) is 135 Å². The molecular weight excluding hydrogens is 1460 g/mol. The van der Waals surface area contributed by atoms with Crippen LogP contribution in [0.15, 0.2) is 417 Å². The Morgan fingerprint density at radius 2 is 0.447 bits per heavy atom. The molecule has 10 nitrogen and oxygen atoms in total. The van der Waals surface area contributed by atoms with Gasteiger partial charge in [-0.15, -0.1) is 0 Å². The number of hydrogen-bond donors (Lipinski definition) is 2. The van der Waals surface area contributed by atoms with Gasteiger partial charge in [0.15, 0.2) is 34.9 Å². The lowest BCUT2D eigenvalue weighted by atomic mass is 9.77. The van der Waals surface area contributed by atoms with Crippen LogP contribution in [0.2, 0.25) is 0 Å². The summed E-state index contributed by atoms with van der Waals surface area (Å²) < 4.78 is 5.64. The van der Waals surface area contributed by atoms with Crippen molar-refractivity contribution in [2.75, 3.05) is 0 Å². The summed E-state index contributed by atoms with van der Waals surface area (Å²) in [6.45, 7) is 0. The van der Waals surface area contributed by atoms with Gasteiger partial charge in [0.1, 0.15) is 0 Å². The molecule has 4 aromatic heterocycles. The molecule has 0 unspecified atom stereocenters. The molecule has 0 radical (unpaired) electrons. The lowest BCUT2D eigenvalue weighted by Gasteiger charge is -2.13. The second kappa shape index (κ2) is 32.3. The Hall–Kier alpha value is -14.4. The van der Waals surface area contributed by atoms with Crippen molar-refractivity contribution in [2.45, 2.75) is 0 Å². The molecule has 0 aliphatic carbocycles. The second-order valence-electron chi connectivity index (χ2n) is 27.8. The van der Waals surface area contributed by atoms with Gasteiger partial charge in [-0.25, -0.2) is 29.9 Å². The van der Waals surface area contributed by atoms with Crippen molar-refractivity contribution in [1.82, 2.24) is 39.0 Å². The highest BCUT2D eigenvalue weighted by molar-refractivity contribution is 9.10. The molecule has 540 valence electrons. The molecular formula is C102H70BBrN8O2. The molecule has 0 amide bonds. The third kappa shape index (κ3) is 15.1. The van der Waals surface area contributed by atoms with Crippen LogP contribution in [0.25, 0.3) is 179 Å². The van der Waals surface area contributed by atoms with Gasteiger partial charge in [-0.3, -0.25) is 0 Å². The van der Waals surface area contributed by atoms with Crippen molar-refractivity contribution >= 4 is 72.1 Å². The number of rotatable bonds is 14. The predicted molar refractivity (Wildman–Crippen MR) is 472 cm³/mol. The molecule has 0 aliphatic rings. The Bertz CT molecular complexity index is 6700. The first kappa shape index (κ1) is 71.2. The first-order chi connectivity index (χ1) is 56.2. The minimum absolute atomic E-state index is 0.475. The molecule has 12 heteroatoms. The van der Waals surface area contributed by atoms with Crippen LogP contribution in [0.5, 0.6) is 0 Å². The van der Waals surface area contributed by atoms with Crippen LogP contribution in [-0.2, 0) is 0 Å². The van der Waals surface area contributed by atoms with Crippen LogP contribution in [0.1, 0.15) is 0 Å². The third-order valence-corrected chi connectivity index (χ3v) is 20.9. The van der Waals surface area contributed by atoms with Crippen molar-refractivity contribution in [3.63, 3.8) is 0 Å². The van der Waals surface area contributed by atoms with Gasteiger partial charge in [0.25, 0.3) is 0 Å². The van der Waals surface area contributed by atoms with Crippen molar-refractivity contribution in [1.29, 1.82) is 0 Å². The maximum Gasteiger partial charge on any atom is 0.488 e. The van der Waals surface area contributed by atoms with Gasteiger partial charge >= 0.3 is 7.12 Å². The van der Waals surface area contributed by atoms with E-state index in [1.807, 2.05) is 194 Å². The Morgan fingerprint density at radius 1 is 0.193 bits per heavy atom. The zero-order chi connectivity index (χ0) is 76.7. The standard InChI is InChI=1S/C51H34N4.C30H22BNO2.C21H14BrN3/c1-5-16-35(17-6-1)41-31-42(33-43(32-41)39-28-29-48-46(34-39)45-26-13-14-27-47(45)55(48)44-24-11-4-12-25-44)38-22-15-23-40(30-38)51-53-49(36-18-7-2-8-19-36)52-50(54-51)37-20-9-3-10-21-37;33-31(34)25-18-23(21-9-3-1-4-10-21)17-24(19-25)22-15-16-30-28(20-22)27-13-7-8-14-29(27)32(30)26-11-5-2-6-12-26;22-18-13-7-12-17(14-18)21-24-19(15-8-3-1-4-9-15)23-20(25-21)16-10-5-2-6-11-16/h1-34H;1-20,33-34H;1-14H. The van der Waals surface area contributed by atoms with Gasteiger partial charge in [0.2, 0.25) is 0 Å². The Balaban J connectivity index is 0.000000130. The van der Waals surface area contributed by atoms with Crippen LogP contribution < -0.4 is 5.46 Å². The number of halogens is 1. The molecule has 114 heavy (non-hydrogen) atoms. The number of aromatic nitrogens is 8. The number of fused-ring (bicyclic) bond motifs is 6. The summed E-state index contributed by atoms with van der Waals surface area (Å²) in [6.07, 6.45) is 0. The number of hydrogen-bond acceptors (Lipinski definition) is 8. The highest BCUT2D eigenvalue weighted by Crippen LogP contribution is 2.41. The van der Waals surface area contributed by atoms with Crippen LogP contribution >= 0.6 is 15.9 Å². The third-order valence-electron chi connectivity index (χ3n) is 20.4. The summed E-state index contributed by atoms with van der Waals surface area (Å²) in [4.78, 5) is 29.0. The van der Waals surface area contributed by atoms with Crippen LogP contribution in [0.3, 0.4) is 0 Å². The summed E-state index contributed by atoms with van der Waals surface area (Å²) in [6, 6.07) is 142. The molecule has 0 bridgehead atoms. The van der Waals surface area contributed by atoms with Gasteiger partial charge in [0, 0.05) is 70.8 Å². The van der Waals surface area contributed by atoms with E-state index in [4.69, 9.17) is 24.9 Å². The number of nitrogens with zero attached hydrogens (tertiary/aromatic N) is 8. The van der Waals surface area contributed by atoms with Crippen LogP contribution in [0.4, 0.5) is 0 Å². The van der Waals surface area contributed by atoms with Crippen LogP contribution in [0, 0.1) is 0 Å². The van der Waals surface area contributed by atoms with E-state index < -0.39 is 7.12 Å². The van der Waals surface area contributed by atoms with Crippen molar-refractivity contribution in [3.05, 3.63) is 417 Å². The maximum absolute atomic E-state index is 9.96. The van der Waals surface area contributed by atoms with E-state index in [0.29, 0.717) is 40.4 Å². The number of para-hydroxylation sites is 4. The summed E-state index contributed by atoms with van der Waals surface area (Å²) in [5.41, 5.74) is 23.9. The summed E-state index contributed by atoms with van der Waals surface area (Å²) >= 11 is 3.52. The van der Waals surface area contributed by atoms with Gasteiger partial charge in [0.05, 0.1) is 22.1 Å². The molecule has 20 aromatic rings. The molecule has 0 atom stereocenters. The molecule has 16 aromatic carbocycles. The highest BCUT2D eigenvalue weighted by atomic mass is 79.9. The monoisotopic (exact) mass is 1530 g/mol. The molecule has 0 fully saturated rings. The fourth-order valence-corrected chi connectivity index (χ4v) is 15.3. The van der Waals surface area contributed by atoms with E-state index in [-0.39, 0.29) is 0 Å². The summed E-state index contributed by atoms with van der Waals surface area (Å²) in [5.74, 6) is 3.93. The quantitative estimate of drug-likeness (QED) is 0.103. The molecule has 20 rings (SSSR count). The largest absolute Gasteiger partial charge is 0.488 e. The minimum Gasteiger partial charge on any atom is -0.423 e. The summed E-state index contributed by atoms with van der Waals surface area (Å²) in [5, 5.41) is 24.7. The minimum atomic E-state index is -1.54. The van der Waals surface area contributed by atoms with Crippen LogP contribution in [-0.4, -0.2) is 56.2 Å². The average molecular weight is 1530 g/mol. The molecule has 4 heterocycles.